The van der Waals surface area contributed by atoms with Crippen LogP contribution in [-0.4, -0.2) is 132 Å². The van der Waals surface area contributed by atoms with Crippen LogP contribution in [0.2, 0.25) is 0 Å². The molecule has 6 heterocycles. The summed E-state index contributed by atoms with van der Waals surface area (Å²) in [7, 11) is -24.2. The van der Waals surface area contributed by atoms with E-state index in [9.17, 15) is 60.1 Å². The summed E-state index contributed by atoms with van der Waals surface area (Å²) >= 11 is 0. The van der Waals surface area contributed by atoms with Crippen molar-refractivity contribution in [2.75, 3.05) is 26.2 Å². The van der Waals surface area contributed by atoms with E-state index < -0.39 is 126 Å². The fourth-order valence-corrected chi connectivity index (χ4v) is 29.7. The third-order valence-corrected chi connectivity index (χ3v) is 37.6. The maximum atomic E-state index is 14.7. The summed E-state index contributed by atoms with van der Waals surface area (Å²) < 4.78 is 188. The molecule has 12 aromatic carbocycles. The molecular weight excluding hydrogens is 1770 g/mol. The number of nitrogens with zero attached hydrogens (tertiary/aromatic N) is 6. The Morgan fingerprint density at radius 1 is 0.260 bits per heavy atom. The zero-order valence-electron chi connectivity index (χ0n) is 73.9. The lowest BCUT2D eigenvalue weighted by atomic mass is 9.77. The summed E-state index contributed by atoms with van der Waals surface area (Å²) in [4.78, 5) is 28.8. The fraction of sp³-hybridized carbons (Fsp3) is 0.269. The molecule has 0 radical (unpaired) electrons. The summed E-state index contributed by atoms with van der Waals surface area (Å²) in [6, 6.07) is 90.7. The van der Waals surface area contributed by atoms with Gasteiger partial charge in [-0.15, -0.1) is 0 Å². The summed E-state index contributed by atoms with van der Waals surface area (Å²) in [5.74, 6) is -1.25. The molecule has 6 aliphatic rings. The van der Waals surface area contributed by atoms with Gasteiger partial charge in [-0.2, -0.15) is 25.8 Å². The molecule has 0 N–H and O–H groups in total. The lowest BCUT2D eigenvalue weighted by Gasteiger charge is -2.51. The fourth-order valence-electron chi connectivity index (χ4n) is 19.3. The molecule has 3 unspecified atom stereocenters. The summed E-state index contributed by atoms with van der Waals surface area (Å²) in [6.45, 7) is 13.5. The molecule has 678 valence electrons. The van der Waals surface area contributed by atoms with Crippen molar-refractivity contribution < 1.29 is 64.8 Å². The second-order valence-corrected chi connectivity index (χ2v) is 45.8. The van der Waals surface area contributed by atoms with Crippen LogP contribution in [0.3, 0.4) is 0 Å². The van der Waals surface area contributed by atoms with Crippen LogP contribution < -0.4 is 0 Å². The van der Waals surface area contributed by atoms with E-state index in [-0.39, 0.29) is 92.7 Å². The highest BCUT2D eigenvalue weighted by Crippen LogP contribution is 2.53. The number of carbonyl (C=O) groups excluding carboxylic acids is 2. The number of carbonyl (C=O) groups is 2. The predicted molar refractivity (Wildman–Crippen MR) is 506 cm³/mol. The van der Waals surface area contributed by atoms with E-state index in [2.05, 4.69) is 0 Å². The standard InChI is InChI=1S/C36H38N2O5S2.2C34H34N2O5S2/c1-4-43-36-24-34(29-13-9-6-10-14-29)38(45(41,42)31-21-17-27(3)18-22-31)35-23-33(28-11-7-5-8-12-28)37(25-32(35)36)44(39,40)30-19-15-26(2)16-20-30;2*1-24-13-17-28(18-14-24)42(38,39)35-23-30-33(21-31(35)26-9-5-3-6-10-26)36(43(40,41)29-19-15-25(2)16-20-29)32(22-34(30)37)27-11-7-4-8-12-27/h5-22,33-35H,4,23-25H2,1-3H3;2*3-20,30-33H,21-23H2,1-2H3/t;30-,31+,32+,33-;30-,31+,32-,33-/m.11/s1. The third-order valence-electron chi connectivity index (χ3n) is 26.2. The molecule has 18 rings (SSSR count). The second kappa shape index (κ2) is 38.7. The molecule has 21 nitrogen and oxygen atoms in total. The first-order valence-corrected chi connectivity index (χ1v) is 52.7. The number of sulfonamides is 6. The Morgan fingerprint density at radius 3 is 0.756 bits per heavy atom. The lowest BCUT2D eigenvalue weighted by Crippen LogP contribution is -2.60. The summed E-state index contributed by atoms with van der Waals surface area (Å²) in [5, 5.41) is 0. The molecule has 5 fully saturated rings. The maximum absolute atomic E-state index is 14.7. The number of hydrogen-bond acceptors (Lipinski definition) is 15. The number of hydrogen-bond donors (Lipinski definition) is 0. The number of ether oxygens (including phenoxy) is 1. The second-order valence-electron chi connectivity index (χ2n) is 34.6. The normalized spacial score (nSPS) is 22.8. The zero-order chi connectivity index (χ0) is 92.5. The molecule has 0 aliphatic carbocycles. The van der Waals surface area contributed by atoms with Crippen LogP contribution in [0.5, 0.6) is 0 Å². The van der Waals surface area contributed by atoms with Crippen molar-refractivity contribution in [1.29, 1.82) is 0 Å². The topological polar surface area (TPSA) is 268 Å². The highest BCUT2D eigenvalue weighted by molar-refractivity contribution is 7.90. The monoisotopic (exact) mass is 1870 g/mol. The average molecular weight is 1870 g/mol. The lowest BCUT2D eigenvalue weighted by molar-refractivity contribution is -0.133. The van der Waals surface area contributed by atoms with E-state index in [0.29, 0.717) is 24.4 Å². The van der Waals surface area contributed by atoms with Crippen molar-refractivity contribution in [3.63, 3.8) is 0 Å². The first-order valence-electron chi connectivity index (χ1n) is 44.0. The van der Waals surface area contributed by atoms with Gasteiger partial charge in [-0.3, -0.25) is 9.59 Å². The average Bonchev–Trinajstić information content (AvgIpc) is 0.730. The van der Waals surface area contributed by atoms with Gasteiger partial charge < -0.3 is 4.74 Å². The Labute approximate surface area is 771 Å². The van der Waals surface area contributed by atoms with E-state index in [1.807, 2.05) is 230 Å². The molecule has 0 saturated carbocycles. The molecule has 0 amide bonds. The van der Waals surface area contributed by atoms with Crippen molar-refractivity contribution >= 4 is 71.7 Å². The molecule has 27 heteroatoms. The molecule has 6 aliphatic heterocycles. The third kappa shape index (κ3) is 19.1. The molecule has 131 heavy (non-hydrogen) atoms. The van der Waals surface area contributed by atoms with Gasteiger partial charge in [0.15, 0.2) is 0 Å². The molecule has 5 saturated heterocycles. The van der Waals surface area contributed by atoms with Crippen molar-refractivity contribution in [1.82, 2.24) is 25.8 Å². The number of fused-ring (bicyclic) bond motifs is 3. The summed E-state index contributed by atoms with van der Waals surface area (Å²) in [6.07, 6.45) is 0.730. The highest BCUT2D eigenvalue weighted by atomic mass is 32.2. The van der Waals surface area contributed by atoms with Gasteiger partial charge in [0.2, 0.25) is 60.1 Å². The van der Waals surface area contributed by atoms with Crippen LogP contribution in [0.25, 0.3) is 0 Å². The van der Waals surface area contributed by atoms with Crippen LogP contribution in [0.1, 0.15) is 148 Å². The number of aryl methyl sites for hydroxylation is 6. The van der Waals surface area contributed by atoms with Crippen LogP contribution in [0.4, 0.5) is 0 Å². The number of piperidine rings is 5. The van der Waals surface area contributed by atoms with E-state index in [1.165, 1.54) is 21.5 Å². The van der Waals surface area contributed by atoms with Gasteiger partial charge in [0.05, 0.1) is 84.0 Å². The zero-order valence-corrected chi connectivity index (χ0v) is 78.8. The van der Waals surface area contributed by atoms with Gasteiger partial charge in [0.1, 0.15) is 11.6 Å². The predicted octanol–water partition coefficient (Wildman–Crippen LogP) is 18.6. The maximum Gasteiger partial charge on any atom is 0.244 e. The van der Waals surface area contributed by atoms with E-state index >= 15 is 0 Å². The number of benzene rings is 12. The minimum Gasteiger partial charge on any atom is -0.498 e. The molecular formula is C104H106N6O15S6. The summed E-state index contributed by atoms with van der Waals surface area (Å²) in [5.41, 5.74) is 11.0. The molecule has 0 spiro atoms. The molecule has 0 aromatic heterocycles. The van der Waals surface area contributed by atoms with Crippen molar-refractivity contribution in [3.8, 4) is 0 Å². The molecule has 0 bridgehead atoms. The highest BCUT2D eigenvalue weighted by Gasteiger charge is 2.58. The van der Waals surface area contributed by atoms with Crippen LogP contribution in [0.15, 0.2) is 368 Å². The van der Waals surface area contributed by atoms with Gasteiger partial charge in [-0.25, -0.2) is 50.5 Å². The number of ketones is 2. The van der Waals surface area contributed by atoms with Crippen molar-refractivity contribution in [3.05, 3.63) is 406 Å². The van der Waals surface area contributed by atoms with E-state index in [4.69, 9.17) is 4.74 Å². The van der Waals surface area contributed by atoms with Crippen LogP contribution in [0, 0.1) is 53.4 Å². The van der Waals surface area contributed by atoms with Crippen LogP contribution >= 0.6 is 0 Å². The van der Waals surface area contributed by atoms with Gasteiger partial charge in [0.25, 0.3) is 0 Å². The van der Waals surface area contributed by atoms with Crippen molar-refractivity contribution in [2.24, 2.45) is 11.8 Å². The minimum atomic E-state index is -4.07. The van der Waals surface area contributed by atoms with Crippen molar-refractivity contribution in [2.45, 2.75) is 171 Å². The Balaban J connectivity index is 0.000000144. The Kier molecular flexibility index (Phi) is 27.5. The van der Waals surface area contributed by atoms with Gasteiger partial charge in [-0.05, 0) is 174 Å². The van der Waals surface area contributed by atoms with Gasteiger partial charge in [0, 0.05) is 68.4 Å². The Hall–Kier alpha value is -11.0. The van der Waals surface area contributed by atoms with Gasteiger partial charge >= 0.3 is 0 Å². The largest absolute Gasteiger partial charge is 0.498 e. The number of rotatable bonds is 20. The smallest absolute Gasteiger partial charge is 0.244 e. The quantitative estimate of drug-likeness (QED) is 0.0686. The SMILES string of the molecule is CCOC1=C2CN(S(=O)(=O)c3ccc(C)cc3)C(c3ccccc3)CC2N(S(=O)(=O)c2ccc(C)cc2)C(c2ccccc2)C1.Cc1ccc(S(=O)(=O)N2C[C@H]3C(=O)C[C@@H](c4ccccc4)N(S(=O)(=O)c4ccc(C)cc4)[C@@H]3C[C@H]2c2ccccc2)cc1.Cc1ccc(S(=O)(=O)N2C[C@H]3C(=O)C[C@H](c4ccccc4)N(S(=O)(=O)c4ccc(C)cc4)[C@@H]3C[C@H]2c2ccccc2)cc1. The van der Waals surface area contributed by atoms with E-state index in [1.54, 1.807) is 150 Å². The van der Waals surface area contributed by atoms with Crippen LogP contribution in [-0.2, 0) is 74.5 Å². The van der Waals surface area contributed by atoms with Gasteiger partial charge in [-0.1, -0.05) is 288 Å². The number of Topliss-reactive ketones (excluding diaryl/α,β-unsaturated/α-hetero) is 2. The molecule has 11 atom stereocenters. The van der Waals surface area contributed by atoms with E-state index in [0.717, 1.165) is 66.8 Å². The Bertz CT molecular complexity index is 6590. The molecule has 12 aromatic rings. The first kappa shape index (κ1) is 93.2. The Morgan fingerprint density at radius 2 is 0.489 bits per heavy atom. The first-order chi connectivity index (χ1) is 62.7. The minimum absolute atomic E-state index is 0.0111.